The van der Waals surface area contributed by atoms with Crippen molar-refractivity contribution >= 4 is 11.6 Å². The molecule has 0 aliphatic carbocycles. The first-order valence-electron chi connectivity index (χ1n) is 5.20. The van der Waals surface area contributed by atoms with Crippen LogP contribution in [-0.4, -0.2) is 50.0 Å². The molecule has 5 nitrogen and oxygen atoms in total. The molecule has 0 spiro atoms. The van der Waals surface area contributed by atoms with Crippen molar-refractivity contribution in [1.29, 1.82) is 0 Å². The number of hydrogen-bond acceptors (Lipinski definition) is 4. The Hall–Kier alpha value is -1.62. The Labute approximate surface area is 95.9 Å². The van der Waals surface area contributed by atoms with Gasteiger partial charge in [0.05, 0.1) is 0 Å². The van der Waals surface area contributed by atoms with Gasteiger partial charge in [0.1, 0.15) is 5.69 Å². The summed E-state index contributed by atoms with van der Waals surface area (Å²) in [6, 6.07) is 3.59. The predicted molar refractivity (Wildman–Crippen MR) is 64.7 cm³/mol. The van der Waals surface area contributed by atoms with Gasteiger partial charge in [-0.15, -0.1) is 0 Å². The van der Waals surface area contributed by atoms with E-state index < -0.39 is 0 Å². The molecule has 0 unspecified atom stereocenters. The number of carbonyl (C=O) groups is 1. The van der Waals surface area contributed by atoms with Crippen LogP contribution in [0.1, 0.15) is 10.5 Å². The van der Waals surface area contributed by atoms with Crippen LogP contribution in [0.5, 0.6) is 0 Å². The van der Waals surface area contributed by atoms with Crippen LogP contribution < -0.4 is 10.6 Å². The molecule has 88 valence electrons. The average molecular weight is 222 g/mol. The zero-order valence-electron chi connectivity index (χ0n) is 9.95. The summed E-state index contributed by atoms with van der Waals surface area (Å²) in [7, 11) is 5.63. The maximum atomic E-state index is 11.3. The molecule has 1 amide bonds. The third kappa shape index (κ3) is 3.86. The van der Waals surface area contributed by atoms with E-state index in [4.69, 9.17) is 0 Å². The van der Waals surface area contributed by atoms with Gasteiger partial charge in [-0.2, -0.15) is 0 Å². The summed E-state index contributed by atoms with van der Waals surface area (Å²) in [4.78, 5) is 17.4. The largest absolute Gasteiger partial charge is 0.384 e. The van der Waals surface area contributed by atoms with E-state index in [1.165, 1.54) is 0 Å². The molecule has 0 atom stereocenters. The molecule has 1 rings (SSSR count). The number of likely N-dealkylation sites (N-methyl/N-ethyl adjacent to an activating group) is 1. The third-order valence-electron chi connectivity index (χ3n) is 2.11. The van der Waals surface area contributed by atoms with E-state index in [0.717, 1.165) is 18.8 Å². The van der Waals surface area contributed by atoms with Gasteiger partial charge in [-0.3, -0.25) is 9.78 Å². The number of nitrogens with one attached hydrogen (secondary N) is 2. The fourth-order valence-electron chi connectivity index (χ4n) is 1.22. The minimum Gasteiger partial charge on any atom is -0.384 e. The number of aromatic nitrogens is 1. The molecule has 0 saturated carbocycles. The monoisotopic (exact) mass is 222 g/mol. The second kappa shape index (κ2) is 6.07. The van der Waals surface area contributed by atoms with Crippen molar-refractivity contribution < 1.29 is 4.79 Å². The van der Waals surface area contributed by atoms with Crippen LogP contribution in [0, 0.1) is 0 Å². The van der Waals surface area contributed by atoms with E-state index in [9.17, 15) is 4.79 Å². The molecule has 0 saturated heterocycles. The minimum atomic E-state index is -0.170. The lowest BCUT2D eigenvalue weighted by atomic mass is 10.3. The number of carbonyl (C=O) groups excluding carboxylic acids is 1. The molecule has 1 aromatic rings. The lowest BCUT2D eigenvalue weighted by Gasteiger charge is -2.11. The highest BCUT2D eigenvalue weighted by Crippen LogP contribution is 2.07. The van der Waals surface area contributed by atoms with Gasteiger partial charge in [0.2, 0.25) is 0 Å². The Morgan fingerprint density at radius 3 is 2.88 bits per heavy atom. The van der Waals surface area contributed by atoms with Crippen LogP contribution in [0.15, 0.2) is 18.3 Å². The first-order chi connectivity index (χ1) is 7.63. The first kappa shape index (κ1) is 12.4. The Morgan fingerprint density at radius 1 is 1.50 bits per heavy atom. The molecular weight excluding hydrogens is 204 g/mol. The van der Waals surface area contributed by atoms with E-state index in [0.29, 0.717) is 5.69 Å². The molecule has 1 heterocycles. The first-order valence-corrected chi connectivity index (χ1v) is 5.20. The topological polar surface area (TPSA) is 57.3 Å². The van der Waals surface area contributed by atoms with E-state index >= 15 is 0 Å². The Bertz CT molecular complexity index is 352. The van der Waals surface area contributed by atoms with Gasteiger partial charge < -0.3 is 15.5 Å². The zero-order valence-corrected chi connectivity index (χ0v) is 9.95. The molecule has 2 N–H and O–H groups in total. The van der Waals surface area contributed by atoms with Gasteiger partial charge >= 0.3 is 0 Å². The maximum Gasteiger partial charge on any atom is 0.269 e. The summed E-state index contributed by atoms with van der Waals surface area (Å²) in [6.45, 7) is 1.78. The SMILES string of the molecule is CNC(=O)c1cc(NCCN(C)C)ccn1. The molecule has 0 aliphatic heterocycles. The van der Waals surface area contributed by atoms with E-state index in [-0.39, 0.29) is 5.91 Å². The number of hydrogen-bond donors (Lipinski definition) is 2. The fraction of sp³-hybridized carbons (Fsp3) is 0.455. The number of amides is 1. The van der Waals surface area contributed by atoms with E-state index in [2.05, 4.69) is 20.5 Å². The molecule has 0 fully saturated rings. The van der Waals surface area contributed by atoms with Crippen molar-refractivity contribution in [2.24, 2.45) is 0 Å². The fourth-order valence-corrected chi connectivity index (χ4v) is 1.22. The van der Waals surface area contributed by atoms with Gasteiger partial charge in [-0.1, -0.05) is 0 Å². The summed E-state index contributed by atoms with van der Waals surface area (Å²) in [6.07, 6.45) is 1.63. The molecule has 1 aromatic heterocycles. The van der Waals surface area contributed by atoms with Gasteiger partial charge in [0.25, 0.3) is 5.91 Å². The highest BCUT2D eigenvalue weighted by molar-refractivity contribution is 5.92. The van der Waals surface area contributed by atoms with Crippen LogP contribution >= 0.6 is 0 Å². The highest BCUT2D eigenvalue weighted by atomic mass is 16.1. The quantitative estimate of drug-likeness (QED) is 0.758. The van der Waals surface area contributed by atoms with E-state index in [1.807, 2.05) is 20.2 Å². The second-order valence-electron chi connectivity index (χ2n) is 3.74. The van der Waals surface area contributed by atoms with Crippen molar-refractivity contribution in [2.75, 3.05) is 39.5 Å². The number of nitrogens with zero attached hydrogens (tertiary/aromatic N) is 2. The van der Waals surface area contributed by atoms with Crippen LogP contribution in [0.4, 0.5) is 5.69 Å². The van der Waals surface area contributed by atoms with Crippen LogP contribution in [-0.2, 0) is 0 Å². The highest BCUT2D eigenvalue weighted by Gasteiger charge is 2.04. The van der Waals surface area contributed by atoms with Crippen LogP contribution in [0.2, 0.25) is 0 Å². The molecule has 0 aromatic carbocycles. The maximum absolute atomic E-state index is 11.3. The van der Waals surface area contributed by atoms with Crippen LogP contribution in [0.3, 0.4) is 0 Å². The molecule has 16 heavy (non-hydrogen) atoms. The van der Waals surface area contributed by atoms with Crippen molar-refractivity contribution in [3.8, 4) is 0 Å². The minimum absolute atomic E-state index is 0.170. The lowest BCUT2D eigenvalue weighted by molar-refractivity contribution is 0.0958. The van der Waals surface area contributed by atoms with Gasteiger partial charge in [0, 0.05) is 32.0 Å². The molecule has 0 radical (unpaired) electrons. The Kier molecular flexibility index (Phi) is 4.72. The smallest absolute Gasteiger partial charge is 0.269 e. The number of pyridine rings is 1. The zero-order chi connectivity index (χ0) is 12.0. The lowest BCUT2D eigenvalue weighted by Crippen LogP contribution is -2.22. The normalized spacial score (nSPS) is 10.2. The summed E-state index contributed by atoms with van der Waals surface area (Å²) < 4.78 is 0. The molecule has 0 bridgehead atoms. The van der Waals surface area contributed by atoms with Gasteiger partial charge in [-0.25, -0.2) is 0 Å². The Morgan fingerprint density at radius 2 is 2.25 bits per heavy atom. The van der Waals surface area contributed by atoms with Crippen LogP contribution in [0.25, 0.3) is 0 Å². The summed E-state index contributed by atoms with van der Waals surface area (Å²) >= 11 is 0. The van der Waals surface area contributed by atoms with Crippen molar-refractivity contribution in [1.82, 2.24) is 15.2 Å². The van der Waals surface area contributed by atoms with E-state index in [1.54, 1.807) is 19.3 Å². The third-order valence-corrected chi connectivity index (χ3v) is 2.11. The summed E-state index contributed by atoms with van der Waals surface area (Å²) in [5.41, 5.74) is 1.34. The van der Waals surface area contributed by atoms with Gasteiger partial charge in [-0.05, 0) is 26.2 Å². The average Bonchev–Trinajstić information content (AvgIpc) is 2.28. The summed E-state index contributed by atoms with van der Waals surface area (Å²) in [5.74, 6) is -0.170. The number of rotatable bonds is 5. The van der Waals surface area contributed by atoms with Crippen molar-refractivity contribution in [3.05, 3.63) is 24.0 Å². The Balaban J connectivity index is 2.57. The summed E-state index contributed by atoms with van der Waals surface area (Å²) in [5, 5.41) is 5.78. The molecule has 5 heteroatoms. The van der Waals surface area contributed by atoms with Gasteiger partial charge in [0.15, 0.2) is 0 Å². The molecule has 0 aliphatic rings. The van der Waals surface area contributed by atoms with Crippen molar-refractivity contribution in [3.63, 3.8) is 0 Å². The predicted octanol–water partition coefficient (Wildman–Crippen LogP) is 0.415. The number of anilines is 1. The molecular formula is C11H18N4O. The standard InChI is InChI=1S/C11H18N4O/c1-12-11(16)10-8-9(4-5-14-10)13-6-7-15(2)3/h4-5,8H,6-7H2,1-3H3,(H,12,16)(H,13,14). The second-order valence-corrected chi connectivity index (χ2v) is 3.74. The van der Waals surface area contributed by atoms with Crippen molar-refractivity contribution in [2.45, 2.75) is 0 Å².